The van der Waals surface area contributed by atoms with Crippen molar-refractivity contribution in [1.82, 2.24) is 0 Å². The SMILES string of the molecule is CC1=C(N)C=CCC1. The molecule has 0 saturated carbocycles. The predicted molar refractivity (Wildman–Crippen MR) is 35.3 cm³/mol. The lowest BCUT2D eigenvalue weighted by atomic mass is 10.0. The zero-order valence-corrected chi connectivity index (χ0v) is 5.15. The number of allylic oxidation sites excluding steroid dienone is 3. The fraction of sp³-hybridized carbons (Fsp3) is 0.429. The summed E-state index contributed by atoms with van der Waals surface area (Å²) in [6.45, 7) is 2.08. The van der Waals surface area contributed by atoms with Crippen molar-refractivity contribution in [2.75, 3.05) is 0 Å². The van der Waals surface area contributed by atoms with Crippen molar-refractivity contribution in [2.24, 2.45) is 5.73 Å². The Morgan fingerprint density at radius 3 is 2.75 bits per heavy atom. The van der Waals surface area contributed by atoms with Crippen LogP contribution in [0.2, 0.25) is 0 Å². The van der Waals surface area contributed by atoms with Crippen molar-refractivity contribution >= 4 is 0 Å². The average molecular weight is 109 g/mol. The minimum absolute atomic E-state index is 0.955. The van der Waals surface area contributed by atoms with Crippen LogP contribution in [0, 0.1) is 0 Å². The van der Waals surface area contributed by atoms with E-state index in [0.29, 0.717) is 0 Å². The summed E-state index contributed by atoms with van der Waals surface area (Å²) in [5, 5.41) is 0. The van der Waals surface area contributed by atoms with Gasteiger partial charge in [0.1, 0.15) is 0 Å². The van der Waals surface area contributed by atoms with Crippen molar-refractivity contribution in [3.05, 3.63) is 23.4 Å². The Kier molecular flexibility index (Phi) is 1.38. The van der Waals surface area contributed by atoms with Gasteiger partial charge in [-0.2, -0.15) is 0 Å². The third-order valence-electron chi connectivity index (χ3n) is 1.48. The first-order valence-corrected chi connectivity index (χ1v) is 2.92. The average Bonchev–Trinajstić information content (AvgIpc) is 1.77. The number of hydrogen-bond donors (Lipinski definition) is 1. The molecule has 0 spiro atoms. The van der Waals surface area contributed by atoms with E-state index in [0.717, 1.165) is 18.5 Å². The molecule has 0 atom stereocenters. The molecule has 0 aromatic carbocycles. The summed E-state index contributed by atoms with van der Waals surface area (Å²) < 4.78 is 0. The zero-order chi connectivity index (χ0) is 5.98. The molecule has 0 bridgehead atoms. The first-order chi connectivity index (χ1) is 3.80. The standard InChI is InChI=1S/C7H11N/c1-6-4-2-3-5-7(6)8/h3,5H,2,4,8H2,1H3. The van der Waals surface area contributed by atoms with E-state index in [-0.39, 0.29) is 0 Å². The molecule has 1 nitrogen and oxygen atoms in total. The van der Waals surface area contributed by atoms with Crippen molar-refractivity contribution in [2.45, 2.75) is 19.8 Å². The highest BCUT2D eigenvalue weighted by Gasteiger charge is 1.97. The van der Waals surface area contributed by atoms with Gasteiger partial charge in [0, 0.05) is 5.70 Å². The lowest BCUT2D eigenvalue weighted by molar-refractivity contribution is 0.933. The summed E-state index contributed by atoms with van der Waals surface area (Å²) >= 11 is 0. The van der Waals surface area contributed by atoms with E-state index < -0.39 is 0 Å². The molecular weight excluding hydrogens is 98.1 g/mol. The zero-order valence-electron chi connectivity index (χ0n) is 5.15. The molecule has 8 heavy (non-hydrogen) atoms. The minimum atomic E-state index is 0.955. The first kappa shape index (κ1) is 5.42. The normalized spacial score (nSPS) is 19.6. The molecule has 0 unspecified atom stereocenters. The molecule has 1 aliphatic rings. The summed E-state index contributed by atoms with van der Waals surface area (Å²) in [5.41, 5.74) is 7.85. The topological polar surface area (TPSA) is 26.0 Å². The lowest BCUT2D eigenvalue weighted by Crippen LogP contribution is -2.00. The van der Waals surface area contributed by atoms with Crippen molar-refractivity contribution in [3.63, 3.8) is 0 Å². The fourth-order valence-corrected chi connectivity index (χ4v) is 0.797. The molecule has 0 fully saturated rings. The van der Waals surface area contributed by atoms with Gasteiger partial charge in [-0.1, -0.05) is 11.6 Å². The minimum Gasteiger partial charge on any atom is -0.399 e. The Morgan fingerprint density at radius 2 is 2.38 bits per heavy atom. The molecule has 44 valence electrons. The van der Waals surface area contributed by atoms with Gasteiger partial charge in [0.15, 0.2) is 0 Å². The Labute approximate surface area is 49.9 Å². The van der Waals surface area contributed by atoms with Crippen molar-refractivity contribution in [1.29, 1.82) is 0 Å². The summed E-state index contributed by atoms with van der Waals surface area (Å²) in [7, 11) is 0. The van der Waals surface area contributed by atoms with E-state index in [9.17, 15) is 0 Å². The predicted octanol–water partition coefficient (Wildman–Crippen LogP) is 1.57. The summed E-state index contributed by atoms with van der Waals surface area (Å²) in [6, 6.07) is 0. The fourth-order valence-electron chi connectivity index (χ4n) is 0.797. The Balaban J connectivity index is 2.76. The number of nitrogens with two attached hydrogens (primary N) is 1. The van der Waals surface area contributed by atoms with Gasteiger partial charge < -0.3 is 5.73 Å². The third-order valence-corrected chi connectivity index (χ3v) is 1.48. The number of hydrogen-bond acceptors (Lipinski definition) is 1. The van der Waals surface area contributed by atoms with Gasteiger partial charge in [0.2, 0.25) is 0 Å². The van der Waals surface area contributed by atoms with Crippen LogP contribution in [0.15, 0.2) is 23.4 Å². The lowest BCUT2D eigenvalue weighted by Gasteiger charge is -2.05. The maximum Gasteiger partial charge on any atom is 0.0299 e. The maximum atomic E-state index is 5.57. The largest absolute Gasteiger partial charge is 0.399 e. The van der Waals surface area contributed by atoms with Crippen LogP contribution in [-0.4, -0.2) is 0 Å². The van der Waals surface area contributed by atoms with Crippen LogP contribution < -0.4 is 5.73 Å². The van der Waals surface area contributed by atoms with Crippen LogP contribution in [0.3, 0.4) is 0 Å². The van der Waals surface area contributed by atoms with E-state index in [1.54, 1.807) is 0 Å². The van der Waals surface area contributed by atoms with E-state index in [1.165, 1.54) is 5.57 Å². The Morgan fingerprint density at radius 1 is 1.62 bits per heavy atom. The van der Waals surface area contributed by atoms with Crippen molar-refractivity contribution < 1.29 is 0 Å². The van der Waals surface area contributed by atoms with Crippen LogP contribution >= 0.6 is 0 Å². The number of rotatable bonds is 0. The van der Waals surface area contributed by atoms with Gasteiger partial charge in [-0.25, -0.2) is 0 Å². The molecule has 1 heteroatoms. The van der Waals surface area contributed by atoms with E-state index in [4.69, 9.17) is 5.73 Å². The molecule has 0 amide bonds. The van der Waals surface area contributed by atoms with Crippen LogP contribution in [-0.2, 0) is 0 Å². The molecule has 0 heterocycles. The molecule has 2 N–H and O–H groups in total. The van der Waals surface area contributed by atoms with Gasteiger partial charge in [-0.3, -0.25) is 0 Å². The summed E-state index contributed by atoms with van der Waals surface area (Å²) in [6.07, 6.45) is 6.40. The van der Waals surface area contributed by atoms with E-state index in [2.05, 4.69) is 13.0 Å². The molecule has 0 aromatic rings. The van der Waals surface area contributed by atoms with Gasteiger partial charge in [0.25, 0.3) is 0 Å². The third kappa shape index (κ3) is 0.915. The van der Waals surface area contributed by atoms with Gasteiger partial charge in [0.05, 0.1) is 0 Å². The van der Waals surface area contributed by atoms with Gasteiger partial charge in [-0.05, 0) is 25.8 Å². The maximum absolute atomic E-state index is 5.57. The molecule has 1 rings (SSSR count). The highest BCUT2D eigenvalue weighted by atomic mass is 14.6. The first-order valence-electron chi connectivity index (χ1n) is 2.92. The monoisotopic (exact) mass is 109 g/mol. The summed E-state index contributed by atoms with van der Waals surface area (Å²) in [5.74, 6) is 0. The second-order valence-electron chi connectivity index (χ2n) is 2.18. The molecule has 0 radical (unpaired) electrons. The summed E-state index contributed by atoms with van der Waals surface area (Å²) in [4.78, 5) is 0. The second kappa shape index (κ2) is 2.03. The molecular formula is C7H11N. The Hall–Kier alpha value is -0.720. The van der Waals surface area contributed by atoms with Crippen LogP contribution in [0.1, 0.15) is 19.8 Å². The quantitative estimate of drug-likeness (QED) is 0.502. The highest BCUT2D eigenvalue weighted by Crippen LogP contribution is 2.13. The smallest absolute Gasteiger partial charge is 0.0299 e. The second-order valence-corrected chi connectivity index (χ2v) is 2.18. The highest BCUT2D eigenvalue weighted by molar-refractivity contribution is 5.24. The van der Waals surface area contributed by atoms with Crippen LogP contribution in [0.4, 0.5) is 0 Å². The van der Waals surface area contributed by atoms with Crippen molar-refractivity contribution in [3.8, 4) is 0 Å². The van der Waals surface area contributed by atoms with E-state index in [1.807, 2.05) is 6.08 Å². The van der Waals surface area contributed by atoms with Gasteiger partial charge in [-0.15, -0.1) is 0 Å². The molecule has 1 aliphatic carbocycles. The van der Waals surface area contributed by atoms with E-state index >= 15 is 0 Å². The molecule has 0 aliphatic heterocycles. The van der Waals surface area contributed by atoms with Gasteiger partial charge >= 0.3 is 0 Å². The Bertz CT molecular complexity index is 142. The van der Waals surface area contributed by atoms with Crippen LogP contribution in [0.5, 0.6) is 0 Å². The molecule has 0 aromatic heterocycles. The van der Waals surface area contributed by atoms with Crippen LogP contribution in [0.25, 0.3) is 0 Å². The molecule has 0 saturated heterocycles.